The van der Waals surface area contributed by atoms with Crippen LogP contribution in [0.5, 0.6) is 11.5 Å². The number of hydrogen-bond donors (Lipinski definition) is 1. The zero-order valence-corrected chi connectivity index (χ0v) is 20.0. The summed E-state index contributed by atoms with van der Waals surface area (Å²) in [5, 5.41) is 2.86. The molecule has 170 valence electrons. The van der Waals surface area contributed by atoms with E-state index in [1.807, 2.05) is 31.2 Å². The minimum atomic E-state index is -3.88. The zero-order valence-electron chi connectivity index (χ0n) is 19.2. The van der Waals surface area contributed by atoms with E-state index < -0.39 is 10.0 Å². The lowest BCUT2D eigenvalue weighted by Gasteiger charge is -2.22. The summed E-state index contributed by atoms with van der Waals surface area (Å²) >= 11 is 0. The molecule has 0 heterocycles. The topological polar surface area (TPSA) is 84.9 Å². The van der Waals surface area contributed by atoms with E-state index in [0.29, 0.717) is 11.5 Å². The van der Waals surface area contributed by atoms with Crippen molar-refractivity contribution in [3.63, 3.8) is 0 Å². The van der Waals surface area contributed by atoms with Gasteiger partial charge in [0, 0.05) is 13.1 Å². The number of amides is 1. The Hall–Kier alpha value is -2.58. The van der Waals surface area contributed by atoms with E-state index in [4.69, 9.17) is 9.47 Å². The number of nitrogens with zero attached hydrogens (tertiary/aromatic N) is 1. The van der Waals surface area contributed by atoms with Crippen molar-refractivity contribution >= 4 is 15.9 Å². The number of methoxy groups -OCH3 is 2. The van der Waals surface area contributed by atoms with Crippen molar-refractivity contribution in [2.45, 2.75) is 44.0 Å². The average Bonchev–Trinajstić information content (AvgIpc) is 2.72. The summed E-state index contributed by atoms with van der Waals surface area (Å²) in [6.45, 7) is 7.99. The highest BCUT2D eigenvalue weighted by atomic mass is 32.2. The average molecular weight is 449 g/mol. The summed E-state index contributed by atoms with van der Waals surface area (Å²) in [6.07, 6.45) is 0. The molecule has 0 aliphatic heterocycles. The Labute approximate surface area is 185 Å². The van der Waals surface area contributed by atoms with E-state index in [2.05, 4.69) is 26.1 Å². The summed E-state index contributed by atoms with van der Waals surface area (Å²) in [5.74, 6) is 0.334. The largest absolute Gasteiger partial charge is 0.493 e. The van der Waals surface area contributed by atoms with Crippen LogP contribution < -0.4 is 14.8 Å². The van der Waals surface area contributed by atoms with Crippen molar-refractivity contribution in [2.75, 3.05) is 27.8 Å². The van der Waals surface area contributed by atoms with Gasteiger partial charge in [0.2, 0.25) is 15.9 Å². The molecule has 2 rings (SSSR count). The van der Waals surface area contributed by atoms with E-state index in [-0.39, 0.29) is 28.8 Å². The van der Waals surface area contributed by atoms with E-state index in [9.17, 15) is 13.2 Å². The van der Waals surface area contributed by atoms with Gasteiger partial charge in [-0.3, -0.25) is 4.79 Å². The number of hydrogen-bond acceptors (Lipinski definition) is 5. The number of ether oxygens (including phenoxy) is 2. The molecule has 8 heteroatoms. The molecule has 0 unspecified atom stereocenters. The van der Waals surface area contributed by atoms with Gasteiger partial charge in [-0.1, -0.05) is 45.0 Å². The molecular formula is C23H32N2O5S. The van der Waals surface area contributed by atoms with Crippen LogP contribution in [-0.2, 0) is 20.2 Å². The SMILES string of the molecule is COc1ccc(S(=O)(=O)N(C)CC(=O)N[C@H](C)c2ccc(C(C)(C)C)cc2)cc1OC. The summed E-state index contributed by atoms with van der Waals surface area (Å²) in [5.41, 5.74) is 2.20. The zero-order chi connectivity index (χ0) is 23.4. The van der Waals surface area contributed by atoms with Crippen LogP contribution in [0.3, 0.4) is 0 Å². The lowest BCUT2D eigenvalue weighted by molar-refractivity contribution is -0.121. The fourth-order valence-corrected chi connectivity index (χ4v) is 4.23. The van der Waals surface area contributed by atoms with Gasteiger partial charge in [0.1, 0.15) is 0 Å². The van der Waals surface area contributed by atoms with Crippen molar-refractivity contribution in [1.82, 2.24) is 9.62 Å². The molecule has 2 aromatic rings. The van der Waals surface area contributed by atoms with Crippen LogP contribution in [0.25, 0.3) is 0 Å². The van der Waals surface area contributed by atoms with Crippen LogP contribution >= 0.6 is 0 Å². The molecular weight excluding hydrogens is 416 g/mol. The van der Waals surface area contributed by atoms with Gasteiger partial charge in [-0.2, -0.15) is 4.31 Å². The molecule has 0 aliphatic carbocycles. The van der Waals surface area contributed by atoms with Gasteiger partial charge >= 0.3 is 0 Å². The van der Waals surface area contributed by atoms with E-state index >= 15 is 0 Å². The lowest BCUT2D eigenvalue weighted by Crippen LogP contribution is -2.39. The normalized spacial score (nSPS) is 13.0. The number of sulfonamides is 1. The fourth-order valence-electron chi connectivity index (χ4n) is 3.09. The minimum Gasteiger partial charge on any atom is -0.493 e. The summed E-state index contributed by atoms with van der Waals surface area (Å²) < 4.78 is 37.1. The Morgan fingerprint density at radius 3 is 2.13 bits per heavy atom. The summed E-state index contributed by atoms with van der Waals surface area (Å²) in [7, 11) is 0.396. The van der Waals surface area contributed by atoms with E-state index in [0.717, 1.165) is 9.87 Å². The third kappa shape index (κ3) is 5.98. The highest BCUT2D eigenvalue weighted by molar-refractivity contribution is 7.89. The van der Waals surface area contributed by atoms with Crippen LogP contribution in [0.2, 0.25) is 0 Å². The van der Waals surface area contributed by atoms with Crippen LogP contribution in [0.1, 0.15) is 44.9 Å². The number of likely N-dealkylation sites (N-methyl/N-ethyl adjacent to an activating group) is 1. The summed E-state index contributed by atoms with van der Waals surface area (Å²) in [6, 6.07) is 12.1. The third-order valence-corrected chi connectivity index (χ3v) is 6.88. The predicted molar refractivity (Wildman–Crippen MR) is 121 cm³/mol. The second-order valence-corrected chi connectivity index (χ2v) is 10.5. The van der Waals surface area contributed by atoms with Crippen LogP contribution in [0.15, 0.2) is 47.4 Å². The number of nitrogens with one attached hydrogen (secondary N) is 1. The predicted octanol–water partition coefficient (Wildman–Crippen LogP) is 3.50. The molecule has 0 bridgehead atoms. The smallest absolute Gasteiger partial charge is 0.243 e. The standard InChI is InChI=1S/C23H32N2O5S/c1-16(17-8-10-18(11-9-17)23(2,3)4)24-22(26)15-25(5)31(27,28)19-12-13-20(29-6)21(14-19)30-7/h8-14,16H,15H2,1-7H3,(H,24,26)/t16-/m1/s1. The highest BCUT2D eigenvalue weighted by Gasteiger charge is 2.25. The molecule has 0 spiro atoms. The highest BCUT2D eigenvalue weighted by Crippen LogP contribution is 2.30. The minimum absolute atomic E-state index is 0.0197. The molecule has 0 fully saturated rings. The van der Waals surface area contributed by atoms with Gasteiger partial charge in [0.15, 0.2) is 11.5 Å². The van der Waals surface area contributed by atoms with Crippen molar-refractivity contribution in [3.05, 3.63) is 53.6 Å². The number of benzene rings is 2. The fraction of sp³-hybridized carbons (Fsp3) is 0.435. The second kappa shape index (κ2) is 9.70. The van der Waals surface area contributed by atoms with Gasteiger partial charge in [-0.05, 0) is 35.6 Å². The van der Waals surface area contributed by atoms with E-state index in [1.165, 1.54) is 45.0 Å². The van der Waals surface area contributed by atoms with Crippen LogP contribution in [0, 0.1) is 0 Å². The maximum atomic E-state index is 12.9. The van der Waals surface area contributed by atoms with Crippen LogP contribution in [0.4, 0.5) is 0 Å². The first kappa shape index (κ1) is 24.7. The second-order valence-electron chi connectivity index (χ2n) is 8.44. The summed E-state index contributed by atoms with van der Waals surface area (Å²) in [4.78, 5) is 12.5. The van der Waals surface area contributed by atoms with Crippen LogP contribution in [-0.4, -0.2) is 46.4 Å². The third-order valence-electron chi connectivity index (χ3n) is 5.08. The number of rotatable bonds is 8. The van der Waals surface area contributed by atoms with E-state index in [1.54, 1.807) is 0 Å². The van der Waals surface area contributed by atoms with Gasteiger partial charge in [-0.15, -0.1) is 0 Å². The first-order chi connectivity index (χ1) is 14.4. The molecule has 0 radical (unpaired) electrons. The molecule has 1 N–H and O–H groups in total. The Bertz CT molecular complexity index is 1010. The number of carbonyl (C=O) groups is 1. The monoisotopic (exact) mass is 448 g/mol. The Balaban J connectivity index is 2.07. The quantitative estimate of drug-likeness (QED) is 0.668. The molecule has 7 nitrogen and oxygen atoms in total. The molecule has 0 aromatic heterocycles. The lowest BCUT2D eigenvalue weighted by atomic mass is 9.86. The first-order valence-corrected chi connectivity index (χ1v) is 11.4. The molecule has 1 amide bonds. The molecule has 1 atom stereocenters. The maximum absolute atomic E-state index is 12.9. The van der Waals surface area contributed by atoms with Gasteiger partial charge < -0.3 is 14.8 Å². The molecule has 0 aliphatic rings. The Kier molecular flexibility index (Phi) is 7.72. The first-order valence-electron chi connectivity index (χ1n) is 9.98. The van der Waals surface area contributed by atoms with Gasteiger partial charge in [0.05, 0.1) is 31.7 Å². The van der Waals surface area contributed by atoms with Crippen molar-refractivity contribution in [1.29, 1.82) is 0 Å². The molecule has 31 heavy (non-hydrogen) atoms. The van der Waals surface area contributed by atoms with Gasteiger partial charge in [0.25, 0.3) is 0 Å². The van der Waals surface area contributed by atoms with Crippen molar-refractivity contribution in [2.24, 2.45) is 0 Å². The van der Waals surface area contributed by atoms with Crippen molar-refractivity contribution < 1.29 is 22.7 Å². The number of carbonyl (C=O) groups excluding carboxylic acids is 1. The maximum Gasteiger partial charge on any atom is 0.243 e. The Morgan fingerprint density at radius 2 is 1.61 bits per heavy atom. The Morgan fingerprint density at radius 1 is 1.03 bits per heavy atom. The molecule has 0 saturated heterocycles. The molecule has 2 aromatic carbocycles. The van der Waals surface area contributed by atoms with Gasteiger partial charge in [-0.25, -0.2) is 8.42 Å². The molecule has 0 saturated carbocycles. The van der Waals surface area contributed by atoms with Crippen molar-refractivity contribution in [3.8, 4) is 11.5 Å².